The molecule has 0 bridgehead atoms. The largest absolute Gasteiger partial charge is 0.330 e. The number of rotatable bonds is 7. The zero-order valence-corrected chi connectivity index (χ0v) is 22.4. The Morgan fingerprint density at radius 2 is 1.47 bits per heavy atom. The number of aryl methyl sites for hydroxylation is 1. The maximum absolute atomic E-state index is 5.06. The molecular weight excluding hydrogens is 526 g/mol. The van der Waals surface area contributed by atoms with Crippen LogP contribution in [-0.2, 0) is 6.42 Å². The number of nitrogens with one attached hydrogen (secondary N) is 1. The second kappa shape index (κ2) is 11.5. The molecule has 1 heterocycles. The van der Waals surface area contributed by atoms with Crippen molar-refractivity contribution in [3.05, 3.63) is 130 Å². The quantitative estimate of drug-likeness (QED) is 0.162. The van der Waals surface area contributed by atoms with Crippen LogP contribution in [-0.4, -0.2) is 17.4 Å². The molecule has 36 heavy (non-hydrogen) atoms. The van der Waals surface area contributed by atoms with Crippen LogP contribution in [0.1, 0.15) is 16.7 Å². The highest BCUT2D eigenvalue weighted by molar-refractivity contribution is 9.10. The van der Waals surface area contributed by atoms with E-state index in [2.05, 4.69) is 101 Å². The molecule has 0 unspecified atom stereocenters. The number of amidine groups is 1. The lowest BCUT2D eigenvalue weighted by atomic mass is 10.1. The average molecular weight is 553 g/mol. The van der Waals surface area contributed by atoms with Gasteiger partial charge in [-0.1, -0.05) is 130 Å². The van der Waals surface area contributed by atoms with E-state index in [9.17, 15) is 0 Å². The van der Waals surface area contributed by atoms with E-state index >= 15 is 0 Å². The highest BCUT2D eigenvalue weighted by atomic mass is 79.9. The molecule has 178 valence electrons. The van der Waals surface area contributed by atoms with Gasteiger partial charge in [0.2, 0.25) is 0 Å². The van der Waals surface area contributed by atoms with Crippen molar-refractivity contribution in [1.29, 1.82) is 0 Å². The summed E-state index contributed by atoms with van der Waals surface area (Å²) in [7, 11) is 0. The van der Waals surface area contributed by atoms with E-state index in [0.29, 0.717) is 6.54 Å². The minimum absolute atomic E-state index is 0.687. The number of aromatic nitrogens is 1. The van der Waals surface area contributed by atoms with Crippen molar-refractivity contribution >= 4 is 38.1 Å². The van der Waals surface area contributed by atoms with Gasteiger partial charge in [0.05, 0.1) is 0 Å². The maximum Gasteiger partial charge on any atom is 0.133 e. The van der Waals surface area contributed by atoms with Crippen LogP contribution in [0.3, 0.4) is 0 Å². The minimum atomic E-state index is 0.687. The molecule has 4 aromatic carbocycles. The molecule has 0 saturated carbocycles. The second-order valence-corrected chi connectivity index (χ2v) is 10.4. The fourth-order valence-corrected chi connectivity index (χ4v) is 5.13. The Hall–Kier alpha value is -3.54. The van der Waals surface area contributed by atoms with E-state index in [4.69, 9.17) is 9.98 Å². The first-order valence-electron chi connectivity index (χ1n) is 11.9. The summed E-state index contributed by atoms with van der Waals surface area (Å²) in [5, 5.41) is 5.63. The molecule has 5 heteroatoms. The zero-order valence-electron chi connectivity index (χ0n) is 20.0. The third kappa shape index (κ3) is 5.99. The molecule has 0 radical (unpaired) electrons. The number of anilines is 1. The number of halogens is 1. The smallest absolute Gasteiger partial charge is 0.133 e. The molecule has 5 rings (SSSR count). The van der Waals surface area contributed by atoms with Crippen molar-refractivity contribution < 1.29 is 0 Å². The van der Waals surface area contributed by atoms with Crippen molar-refractivity contribution in [2.75, 3.05) is 11.9 Å². The Bertz CT molecular complexity index is 1440. The molecule has 0 fully saturated rings. The lowest BCUT2D eigenvalue weighted by molar-refractivity contribution is 0.968. The Morgan fingerprint density at radius 1 is 0.806 bits per heavy atom. The van der Waals surface area contributed by atoms with Crippen molar-refractivity contribution in [2.45, 2.75) is 13.3 Å². The van der Waals surface area contributed by atoms with Crippen molar-refractivity contribution in [3.63, 3.8) is 0 Å². The van der Waals surface area contributed by atoms with Crippen LogP contribution in [0, 0.1) is 6.92 Å². The lowest BCUT2D eigenvalue weighted by Gasteiger charge is -2.11. The number of nitrogens with zero attached hydrogens (tertiary/aromatic N) is 2. The van der Waals surface area contributed by atoms with Gasteiger partial charge in [-0.15, -0.1) is 0 Å². The van der Waals surface area contributed by atoms with Crippen LogP contribution in [0.25, 0.3) is 21.8 Å². The highest BCUT2D eigenvalue weighted by Gasteiger charge is 2.17. The summed E-state index contributed by atoms with van der Waals surface area (Å²) in [6.45, 7) is 2.79. The van der Waals surface area contributed by atoms with Crippen LogP contribution < -0.4 is 5.32 Å². The monoisotopic (exact) mass is 551 g/mol. The number of benzene rings is 4. The zero-order chi connectivity index (χ0) is 24.7. The fraction of sp³-hybridized carbons (Fsp3) is 0.0968. The van der Waals surface area contributed by atoms with Gasteiger partial charge in [0, 0.05) is 27.7 Å². The van der Waals surface area contributed by atoms with E-state index in [-0.39, 0.29) is 0 Å². The van der Waals surface area contributed by atoms with Crippen LogP contribution in [0.5, 0.6) is 0 Å². The summed E-state index contributed by atoms with van der Waals surface area (Å²) in [5.74, 6) is 0.843. The molecule has 0 saturated heterocycles. The summed E-state index contributed by atoms with van der Waals surface area (Å²) < 4.78 is 1.04. The summed E-state index contributed by atoms with van der Waals surface area (Å²) in [6, 6.07) is 37.6. The van der Waals surface area contributed by atoms with Gasteiger partial charge in [-0.3, -0.25) is 4.99 Å². The van der Waals surface area contributed by atoms with Gasteiger partial charge in [0.1, 0.15) is 21.5 Å². The SMILES string of the molecule is Cc1ccc(-c2nc(-c3ccccc3)sc2NC(=NCCc2ccccc2)c2ccc(Br)cc2)cc1. The Kier molecular flexibility index (Phi) is 7.70. The second-order valence-electron chi connectivity index (χ2n) is 8.53. The van der Waals surface area contributed by atoms with Crippen molar-refractivity contribution in [3.8, 4) is 21.8 Å². The third-order valence-corrected chi connectivity index (χ3v) is 7.38. The molecule has 0 amide bonds. The molecule has 3 nitrogen and oxygen atoms in total. The molecule has 0 spiro atoms. The van der Waals surface area contributed by atoms with Gasteiger partial charge in [-0.2, -0.15) is 0 Å². The molecular formula is C31H26BrN3S. The Morgan fingerprint density at radius 3 is 2.17 bits per heavy atom. The fourth-order valence-electron chi connectivity index (χ4n) is 3.88. The summed E-state index contributed by atoms with van der Waals surface area (Å²) in [6.07, 6.45) is 0.880. The molecule has 1 aromatic heterocycles. The predicted molar refractivity (Wildman–Crippen MR) is 157 cm³/mol. The van der Waals surface area contributed by atoms with Crippen molar-refractivity contribution in [1.82, 2.24) is 4.98 Å². The third-order valence-electron chi connectivity index (χ3n) is 5.84. The normalized spacial score (nSPS) is 11.4. The first-order chi connectivity index (χ1) is 17.7. The van der Waals surface area contributed by atoms with E-state index in [1.165, 1.54) is 11.1 Å². The van der Waals surface area contributed by atoms with E-state index in [0.717, 1.165) is 49.1 Å². The molecule has 0 aliphatic heterocycles. The van der Waals surface area contributed by atoms with Gasteiger partial charge in [-0.05, 0) is 31.0 Å². The highest BCUT2D eigenvalue weighted by Crippen LogP contribution is 2.38. The van der Waals surface area contributed by atoms with Crippen molar-refractivity contribution in [2.24, 2.45) is 4.99 Å². The van der Waals surface area contributed by atoms with Gasteiger partial charge in [0.25, 0.3) is 0 Å². The molecule has 0 aliphatic carbocycles. The first-order valence-corrected chi connectivity index (χ1v) is 13.5. The minimum Gasteiger partial charge on any atom is -0.330 e. The molecule has 5 aromatic rings. The van der Waals surface area contributed by atoms with Gasteiger partial charge >= 0.3 is 0 Å². The summed E-state index contributed by atoms with van der Waals surface area (Å²) in [4.78, 5) is 10.1. The van der Waals surface area contributed by atoms with Crippen LogP contribution in [0.2, 0.25) is 0 Å². The Balaban J connectivity index is 1.52. The first kappa shape index (κ1) is 24.2. The molecule has 1 N–H and O–H groups in total. The van der Waals surface area contributed by atoms with Crippen LogP contribution in [0.4, 0.5) is 5.00 Å². The summed E-state index contributed by atoms with van der Waals surface area (Å²) >= 11 is 5.21. The molecule has 0 atom stereocenters. The predicted octanol–water partition coefficient (Wildman–Crippen LogP) is 8.65. The molecule has 0 aliphatic rings. The van der Waals surface area contributed by atoms with Crippen LogP contribution >= 0.6 is 27.3 Å². The number of hydrogen-bond donors (Lipinski definition) is 1. The van der Waals surface area contributed by atoms with E-state index < -0.39 is 0 Å². The van der Waals surface area contributed by atoms with Gasteiger partial charge < -0.3 is 5.32 Å². The van der Waals surface area contributed by atoms with E-state index in [1.54, 1.807) is 11.3 Å². The Labute approximate surface area is 224 Å². The number of hydrogen-bond acceptors (Lipinski definition) is 3. The maximum atomic E-state index is 5.06. The standard InChI is InChI=1S/C31H26BrN3S/c1-22-12-14-24(15-13-22)28-31(36-30(34-28)26-10-6-3-7-11-26)35-29(25-16-18-27(32)19-17-25)33-21-20-23-8-4-2-5-9-23/h2-19H,20-21H2,1H3,(H,33,35). The van der Waals surface area contributed by atoms with Gasteiger partial charge in [-0.25, -0.2) is 4.98 Å². The van der Waals surface area contributed by atoms with Gasteiger partial charge in [0.15, 0.2) is 0 Å². The number of aliphatic imine (C=N–C) groups is 1. The average Bonchev–Trinajstić information content (AvgIpc) is 3.34. The van der Waals surface area contributed by atoms with Crippen LogP contribution in [0.15, 0.2) is 119 Å². The lowest BCUT2D eigenvalue weighted by Crippen LogP contribution is -2.14. The topological polar surface area (TPSA) is 37.3 Å². The number of thiazole rings is 1. The summed E-state index contributed by atoms with van der Waals surface area (Å²) in [5.41, 5.74) is 6.67. The van der Waals surface area contributed by atoms with E-state index in [1.807, 2.05) is 36.4 Å².